The molecule has 2 N–H and O–H groups in total. The summed E-state index contributed by atoms with van der Waals surface area (Å²) in [5, 5.41) is 11.8. The number of rotatable bonds is 6. The molecule has 1 fully saturated rings. The van der Waals surface area contributed by atoms with Gasteiger partial charge in [-0.3, -0.25) is 9.78 Å². The van der Waals surface area contributed by atoms with Crippen molar-refractivity contribution in [2.75, 3.05) is 13.2 Å². The number of nitrogens with zero attached hydrogens (tertiary/aromatic N) is 1. The summed E-state index contributed by atoms with van der Waals surface area (Å²) in [6.45, 7) is 0.729. The van der Waals surface area contributed by atoms with Gasteiger partial charge < -0.3 is 10.4 Å². The number of aliphatic hydroxyl groups excluding tert-OH is 1. The van der Waals surface area contributed by atoms with Crippen molar-refractivity contribution in [2.24, 2.45) is 0 Å². The largest absolute Gasteiger partial charge is 0.396 e. The lowest BCUT2D eigenvalue weighted by atomic mass is 9.71. The summed E-state index contributed by atoms with van der Waals surface area (Å²) in [6.07, 6.45) is 8.60. The van der Waals surface area contributed by atoms with Crippen LogP contribution in [0.25, 0.3) is 0 Å². The Balaban J connectivity index is 2.02. The zero-order valence-corrected chi connectivity index (χ0v) is 12.0. The highest BCUT2D eigenvalue weighted by Crippen LogP contribution is 2.37. The summed E-state index contributed by atoms with van der Waals surface area (Å²) < 4.78 is 0. The van der Waals surface area contributed by atoms with Gasteiger partial charge in [-0.05, 0) is 31.4 Å². The molecule has 1 saturated carbocycles. The molecule has 1 aliphatic rings. The van der Waals surface area contributed by atoms with Gasteiger partial charge in [-0.15, -0.1) is 0 Å². The van der Waals surface area contributed by atoms with Gasteiger partial charge in [0.05, 0.1) is 0 Å². The number of aliphatic hydroxyl groups is 1. The van der Waals surface area contributed by atoms with Crippen LogP contribution in [-0.2, 0) is 10.2 Å². The second-order valence-corrected chi connectivity index (χ2v) is 5.66. The Morgan fingerprint density at radius 2 is 2.10 bits per heavy atom. The van der Waals surface area contributed by atoms with E-state index in [4.69, 9.17) is 5.11 Å². The molecule has 4 nitrogen and oxygen atoms in total. The molecule has 1 amide bonds. The number of hydrogen-bond acceptors (Lipinski definition) is 3. The first-order chi connectivity index (χ1) is 9.77. The first-order valence-corrected chi connectivity index (χ1v) is 7.56. The monoisotopic (exact) mass is 276 g/mol. The van der Waals surface area contributed by atoms with Gasteiger partial charge in [-0.1, -0.05) is 25.3 Å². The Morgan fingerprint density at radius 3 is 2.75 bits per heavy atom. The molecule has 2 rings (SSSR count). The third-order valence-corrected chi connectivity index (χ3v) is 4.20. The van der Waals surface area contributed by atoms with Crippen molar-refractivity contribution in [1.29, 1.82) is 0 Å². The van der Waals surface area contributed by atoms with E-state index >= 15 is 0 Å². The first-order valence-electron chi connectivity index (χ1n) is 7.56. The van der Waals surface area contributed by atoms with Gasteiger partial charge in [0.1, 0.15) is 0 Å². The number of aromatic nitrogens is 1. The van der Waals surface area contributed by atoms with Crippen LogP contribution in [-0.4, -0.2) is 29.1 Å². The number of pyridine rings is 1. The molecule has 1 aromatic rings. The van der Waals surface area contributed by atoms with Gasteiger partial charge in [0.2, 0.25) is 5.91 Å². The topological polar surface area (TPSA) is 62.2 Å². The van der Waals surface area contributed by atoms with E-state index in [1.54, 1.807) is 0 Å². The number of carbonyl (C=O) groups excluding carboxylic acids is 1. The molecule has 0 spiro atoms. The van der Waals surface area contributed by atoms with E-state index < -0.39 is 0 Å². The van der Waals surface area contributed by atoms with Gasteiger partial charge in [0, 0.05) is 36.9 Å². The van der Waals surface area contributed by atoms with Crippen LogP contribution >= 0.6 is 0 Å². The van der Waals surface area contributed by atoms with Crippen molar-refractivity contribution < 1.29 is 9.90 Å². The van der Waals surface area contributed by atoms with Gasteiger partial charge >= 0.3 is 0 Å². The highest BCUT2D eigenvalue weighted by Gasteiger charge is 2.35. The maximum Gasteiger partial charge on any atom is 0.220 e. The number of hydrogen-bond donors (Lipinski definition) is 2. The SMILES string of the molecule is O=C(CCCO)NCC1(c2ccccn2)CCCCC1. The Morgan fingerprint density at radius 1 is 1.30 bits per heavy atom. The fraction of sp³-hybridized carbons (Fsp3) is 0.625. The molecule has 4 heteroatoms. The lowest BCUT2D eigenvalue weighted by Gasteiger charge is -2.37. The molecule has 1 aliphatic carbocycles. The van der Waals surface area contributed by atoms with E-state index in [1.807, 2.05) is 18.3 Å². The van der Waals surface area contributed by atoms with Crippen molar-refractivity contribution in [1.82, 2.24) is 10.3 Å². The fourth-order valence-electron chi connectivity index (χ4n) is 3.02. The third kappa shape index (κ3) is 3.79. The maximum atomic E-state index is 11.8. The molecule has 0 unspecified atom stereocenters. The van der Waals surface area contributed by atoms with Crippen molar-refractivity contribution in [3.63, 3.8) is 0 Å². The summed E-state index contributed by atoms with van der Waals surface area (Å²) in [5.74, 6) is 0.0277. The fourth-order valence-corrected chi connectivity index (χ4v) is 3.02. The van der Waals surface area contributed by atoms with Gasteiger partial charge in [-0.2, -0.15) is 0 Å². The van der Waals surface area contributed by atoms with Crippen LogP contribution in [0.2, 0.25) is 0 Å². The standard InChI is InChI=1S/C16H24N2O2/c19-12-6-8-15(20)18-13-16(9-3-1-4-10-16)14-7-2-5-11-17-14/h2,5,7,11,19H,1,3-4,6,8-10,12-13H2,(H,18,20). The lowest BCUT2D eigenvalue weighted by Crippen LogP contribution is -2.42. The predicted molar refractivity (Wildman–Crippen MR) is 78.3 cm³/mol. The second kappa shape index (κ2) is 7.39. The Labute approximate surface area is 120 Å². The summed E-state index contributed by atoms with van der Waals surface area (Å²) in [4.78, 5) is 16.3. The van der Waals surface area contributed by atoms with Crippen LogP contribution in [0.1, 0.15) is 50.6 Å². The number of amides is 1. The smallest absolute Gasteiger partial charge is 0.220 e. The highest BCUT2D eigenvalue weighted by molar-refractivity contribution is 5.75. The second-order valence-electron chi connectivity index (χ2n) is 5.66. The molecule has 110 valence electrons. The molecule has 0 radical (unpaired) electrons. The Kier molecular flexibility index (Phi) is 5.53. The van der Waals surface area contributed by atoms with Crippen LogP contribution in [0, 0.1) is 0 Å². The molecule has 0 aromatic carbocycles. The van der Waals surface area contributed by atoms with Crippen LogP contribution in [0.5, 0.6) is 0 Å². The molecular formula is C16H24N2O2. The molecule has 1 heterocycles. The average Bonchev–Trinajstić information content (AvgIpc) is 2.52. The predicted octanol–water partition coefficient (Wildman–Crippen LogP) is 2.17. The average molecular weight is 276 g/mol. The van der Waals surface area contributed by atoms with E-state index in [-0.39, 0.29) is 17.9 Å². The minimum Gasteiger partial charge on any atom is -0.396 e. The molecule has 20 heavy (non-hydrogen) atoms. The lowest BCUT2D eigenvalue weighted by molar-refractivity contribution is -0.121. The summed E-state index contributed by atoms with van der Waals surface area (Å²) >= 11 is 0. The van der Waals surface area contributed by atoms with E-state index in [0.29, 0.717) is 19.4 Å². The van der Waals surface area contributed by atoms with Gasteiger partial charge in [-0.25, -0.2) is 0 Å². The zero-order valence-electron chi connectivity index (χ0n) is 12.0. The van der Waals surface area contributed by atoms with Crippen LogP contribution < -0.4 is 5.32 Å². The molecule has 1 aromatic heterocycles. The quantitative estimate of drug-likeness (QED) is 0.837. The van der Waals surface area contributed by atoms with Crippen LogP contribution in [0.3, 0.4) is 0 Å². The summed E-state index contributed by atoms with van der Waals surface area (Å²) in [6, 6.07) is 6.03. The molecule has 0 bridgehead atoms. The van der Waals surface area contributed by atoms with Crippen molar-refractivity contribution in [2.45, 2.75) is 50.4 Å². The van der Waals surface area contributed by atoms with E-state index in [0.717, 1.165) is 18.5 Å². The Bertz CT molecular complexity index is 414. The minimum absolute atomic E-state index is 0.00557. The number of carbonyl (C=O) groups is 1. The van der Waals surface area contributed by atoms with Crippen molar-refractivity contribution in [3.8, 4) is 0 Å². The normalized spacial score (nSPS) is 17.6. The summed E-state index contributed by atoms with van der Waals surface area (Å²) in [7, 11) is 0. The summed E-state index contributed by atoms with van der Waals surface area (Å²) in [5.41, 5.74) is 1.09. The van der Waals surface area contributed by atoms with E-state index in [2.05, 4.69) is 16.4 Å². The van der Waals surface area contributed by atoms with Crippen LogP contribution in [0.4, 0.5) is 0 Å². The minimum atomic E-state index is -0.00557. The molecule has 0 saturated heterocycles. The third-order valence-electron chi connectivity index (χ3n) is 4.20. The maximum absolute atomic E-state index is 11.8. The molecule has 0 aliphatic heterocycles. The van der Waals surface area contributed by atoms with Crippen molar-refractivity contribution >= 4 is 5.91 Å². The van der Waals surface area contributed by atoms with Crippen LogP contribution in [0.15, 0.2) is 24.4 Å². The van der Waals surface area contributed by atoms with Crippen molar-refractivity contribution in [3.05, 3.63) is 30.1 Å². The van der Waals surface area contributed by atoms with Gasteiger partial charge in [0.25, 0.3) is 0 Å². The Hall–Kier alpha value is -1.42. The first kappa shape index (κ1) is 15.0. The highest BCUT2D eigenvalue weighted by atomic mass is 16.3. The van der Waals surface area contributed by atoms with E-state index in [9.17, 15) is 4.79 Å². The van der Waals surface area contributed by atoms with Gasteiger partial charge in [0.15, 0.2) is 0 Å². The number of nitrogens with one attached hydrogen (secondary N) is 1. The zero-order chi connectivity index (χ0) is 14.3. The molecular weight excluding hydrogens is 252 g/mol. The molecule has 0 atom stereocenters. The van der Waals surface area contributed by atoms with E-state index in [1.165, 1.54) is 19.3 Å².